The highest BCUT2D eigenvalue weighted by atomic mass is 32.2. The van der Waals surface area contributed by atoms with Gasteiger partial charge in [-0.2, -0.15) is 13.2 Å². The number of amides is 2. The summed E-state index contributed by atoms with van der Waals surface area (Å²) < 4.78 is 38.8. The molecule has 0 aromatic heterocycles. The molecule has 5 nitrogen and oxygen atoms in total. The van der Waals surface area contributed by atoms with Crippen LogP contribution in [0.3, 0.4) is 0 Å². The van der Waals surface area contributed by atoms with Gasteiger partial charge in [-0.15, -0.1) is 0 Å². The number of thioether (sulfide) groups is 1. The summed E-state index contributed by atoms with van der Waals surface area (Å²) >= 11 is 1.25. The summed E-state index contributed by atoms with van der Waals surface area (Å²) in [5.41, 5.74) is 1.62. The Balaban J connectivity index is 1.28. The van der Waals surface area contributed by atoms with E-state index < -0.39 is 11.7 Å². The van der Waals surface area contributed by atoms with Gasteiger partial charge in [-0.1, -0.05) is 66.4 Å². The Kier molecular flexibility index (Phi) is 7.58. The molecule has 0 spiro atoms. The maximum atomic E-state index is 13.5. The number of halogens is 3. The highest BCUT2D eigenvalue weighted by Crippen LogP contribution is 2.42. The number of anilines is 1. The quantitative estimate of drug-likeness (QED) is 0.402. The van der Waals surface area contributed by atoms with Crippen molar-refractivity contribution in [1.82, 2.24) is 9.80 Å². The SMILES string of the molecule is O=C(CN1C(=O)C(=Cc2ccc(C(F)(F)F)cc2)Sc2ccccc21)N1CCN(Cc2ccccc2)CC1. The average molecular weight is 538 g/mol. The van der Waals surface area contributed by atoms with Crippen LogP contribution in [0.4, 0.5) is 18.9 Å². The summed E-state index contributed by atoms with van der Waals surface area (Å²) in [7, 11) is 0. The zero-order valence-electron chi connectivity index (χ0n) is 20.5. The van der Waals surface area contributed by atoms with Crippen molar-refractivity contribution >= 4 is 35.3 Å². The lowest BCUT2D eigenvalue weighted by atomic mass is 10.1. The number of piperazine rings is 1. The molecule has 0 N–H and O–H groups in total. The number of para-hydroxylation sites is 1. The van der Waals surface area contributed by atoms with Crippen LogP contribution in [0.2, 0.25) is 0 Å². The molecule has 0 atom stereocenters. The summed E-state index contributed by atoms with van der Waals surface area (Å²) in [5.74, 6) is -0.474. The minimum atomic E-state index is -4.43. The van der Waals surface area contributed by atoms with Gasteiger partial charge in [0.15, 0.2) is 0 Å². The van der Waals surface area contributed by atoms with Crippen molar-refractivity contribution in [2.75, 3.05) is 37.6 Å². The van der Waals surface area contributed by atoms with Crippen LogP contribution in [0.25, 0.3) is 6.08 Å². The van der Waals surface area contributed by atoms with E-state index >= 15 is 0 Å². The molecular weight excluding hydrogens is 511 g/mol. The molecule has 196 valence electrons. The highest BCUT2D eigenvalue weighted by molar-refractivity contribution is 8.04. The molecule has 38 heavy (non-hydrogen) atoms. The normalized spacial score (nSPS) is 17.6. The summed E-state index contributed by atoms with van der Waals surface area (Å²) in [5, 5.41) is 0. The number of nitrogens with zero attached hydrogens (tertiary/aromatic N) is 3. The van der Waals surface area contributed by atoms with Crippen molar-refractivity contribution in [3.05, 3.63) is 100 Å². The second kappa shape index (κ2) is 11.0. The number of alkyl halides is 3. The first-order valence-electron chi connectivity index (χ1n) is 12.3. The lowest BCUT2D eigenvalue weighted by molar-refractivity contribution is -0.137. The molecule has 3 aromatic rings. The van der Waals surface area contributed by atoms with Crippen LogP contribution >= 0.6 is 11.8 Å². The third-order valence-electron chi connectivity index (χ3n) is 6.64. The molecule has 2 amide bonds. The van der Waals surface area contributed by atoms with Gasteiger partial charge in [0.1, 0.15) is 6.54 Å². The van der Waals surface area contributed by atoms with Crippen molar-refractivity contribution in [3.8, 4) is 0 Å². The van der Waals surface area contributed by atoms with E-state index in [-0.39, 0.29) is 18.4 Å². The number of rotatable bonds is 5. The van der Waals surface area contributed by atoms with Crippen molar-refractivity contribution in [1.29, 1.82) is 0 Å². The van der Waals surface area contributed by atoms with Crippen molar-refractivity contribution in [2.45, 2.75) is 17.6 Å². The average Bonchev–Trinajstić information content (AvgIpc) is 2.92. The van der Waals surface area contributed by atoms with E-state index in [2.05, 4.69) is 17.0 Å². The standard InChI is InChI=1S/C29H26F3N3O2S/c30-29(31,32)23-12-10-21(11-13-23)18-26-28(37)35(24-8-4-5-9-25(24)38-26)20-27(36)34-16-14-33(15-17-34)19-22-6-2-1-3-7-22/h1-13,18H,14-17,19-20H2. The van der Waals surface area contributed by atoms with Gasteiger partial charge >= 0.3 is 6.18 Å². The van der Waals surface area contributed by atoms with Gasteiger partial charge in [-0.05, 0) is 41.5 Å². The van der Waals surface area contributed by atoms with Gasteiger partial charge in [0.2, 0.25) is 5.91 Å². The van der Waals surface area contributed by atoms with Gasteiger partial charge < -0.3 is 4.90 Å². The monoisotopic (exact) mass is 537 g/mol. The molecule has 9 heteroatoms. The van der Waals surface area contributed by atoms with Crippen LogP contribution in [0, 0.1) is 0 Å². The zero-order chi connectivity index (χ0) is 26.7. The number of hydrogen-bond donors (Lipinski definition) is 0. The van der Waals surface area contributed by atoms with Crippen molar-refractivity contribution in [2.24, 2.45) is 0 Å². The van der Waals surface area contributed by atoms with Crippen LogP contribution in [0.5, 0.6) is 0 Å². The summed E-state index contributed by atoms with van der Waals surface area (Å²) in [6, 6.07) is 22.2. The number of carbonyl (C=O) groups excluding carboxylic acids is 2. The van der Waals surface area contributed by atoms with Crippen LogP contribution in [0.15, 0.2) is 88.7 Å². The van der Waals surface area contributed by atoms with Gasteiger partial charge in [-0.3, -0.25) is 19.4 Å². The molecule has 5 rings (SSSR count). The minimum Gasteiger partial charge on any atom is -0.339 e. The highest BCUT2D eigenvalue weighted by Gasteiger charge is 2.33. The molecule has 0 unspecified atom stereocenters. The molecular formula is C29H26F3N3O2S. The number of benzene rings is 3. The van der Waals surface area contributed by atoms with E-state index in [9.17, 15) is 22.8 Å². The lowest BCUT2D eigenvalue weighted by Gasteiger charge is -2.37. The molecule has 3 aromatic carbocycles. The predicted octanol–water partition coefficient (Wildman–Crippen LogP) is 5.53. The summed E-state index contributed by atoms with van der Waals surface area (Å²) in [6.07, 6.45) is -2.85. The van der Waals surface area contributed by atoms with Crippen LogP contribution < -0.4 is 4.90 Å². The molecule has 1 saturated heterocycles. The zero-order valence-corrected chi connectivity index (χ0v) is 21.3. The maximum Gasteiger partial charge on any atom is 0.416 e. The van der Waals surface area contributed by atoms with E-state index in [1.54, 1.807) is 17.0 Å². The largest absolute Gasteiger partial charge is 0.416 e. The maximum absolute atomic E-state index is 13.5. The number of hydrogen-bond acceptors (Lipinski definition) is 4. The molecule has 1 fully saturated rings. The number of carbonyl (C=O) groups is 2. The minimum absolute atomic E-state index is 0.0978. The van der Waals surface area contributed by atoms with E-state index in [4.69, 9.17) is 0 Å². The van der Waals surface area contributed by atoms with Gasteiger partial charge in [0, 0.05) is 37.6 Å². The third-order valence-corrected chi connectivity index (χ3v) is 7.71. The molecule has 2 heterocycles. The Morgan fingerprint density at radius 3 is 2.21 bits per heavy atom. The molecule has 2 aliphatic rings. The van der Waals surface area contributed by atoms with Crippen LogP contribution in [0.1, 0.15) is 16.7 Å². The fourth-order valence-electron chi connectivity index (χ4n) is 4.57. The van der Waals surface area contributed by atoms with E-state index in [0.29, 0.717) is 29.2 Å². The van der Waals surface area contributed by atoms with Gasteiger partial charge in [-0.25, -0.2) is 0 Å². The lowest BCUT2D eigenvalue weighted by Crippen LogP contribution is -2.52. The Morgan fingerprint density at radius 2 is 1.53 bits per heavy atom. The second-order valence-electron chi connectivity index (χ2n) is 9.23. The summed E-state index contributed by atoms with van der Waals surface area (Å²) in [6.45, 7) is 3.40. The van der Waals surface area contributed by atoms with Crippen LogP contribution in [-0.2, 0) is 22.3 Å². The van der Waals surface area contributed by atoms with Gasteiger partial charge in [0.05, 0.1) is 16.2 Å². The van der Waals surface area contributed by atoms with Crippen LogP contribution in [-0.4, -0.2) is 54.3 Å². The smallest absolute Gasteiger partial charge is 0.339 e. The Morgan fingerprint density at radius 1 is 0.868 bits per heavy atom. The molecule has 0 aliphatic carbocycles. The second-order valence-corrected chi connectivity index (χ2v) is 10.3. The van der Waals surface area contributed by atoms with Crippen molar-refractivity contribution in [3.63, 3.8) is 0 Å². The first-order chi connectivity index (χ1) is 18.3. The summed E-state index contributed by atoms with van der Waals surface area (Å²) in [4.78, 5) is 33.5. The van der Waals surface area contributed by atoms with E-state index in [0.717, 1.165) is 36.7 Å². The number of fused-ring (bicyclic) bond motifs is 1. The van der Waals surface area contributed by atoms with E-state index in [1.807, 2.05) is 36.4 Å². The Hall–Kier alpha value is -3.56. The molecule has 0 bridgehead atoms. The van der Waals surface area contributed by atoms with E-state index in [1.165, 1.54) is 34.4 Å². The van der Waals surface area contributed by atoms with Crippen molar-refractivity contribution < 1.29 is 22.8 Å². The predicted molar refractivity (Wildman–Crippen MR) is 142 cm³/mol. The Labute approximate surface area is 223 Å². The Bertz CT molecular complexity index is 1340. The molecule has 0 saturated carbocycles. The first-order valence-corrected chi connectivity index (χ1v) is 13.1. The molecule has 0 radical (unpaired) electrons. The first kappa shape index (κ1) is 26.1. The topological polar surface area (TPSA) is 43.9 Å². The fraction of sp³-hybridized carbons (Fsp3) is 0.241. The van der Waals surface area contributed by atoms with Gasteiger partial charge in [0.25, 0.3) is 5.91 Å². The fourth-order valence-corrected chi connectivity index (χ4v) is 5.63. The third kappa shape index (κ3) is 5.95. The molecule has 2 aliphatic heterocycles.